The fourth-order valence-corrected chi connectivity index (χ4v) is 1.54. The van der Waals surface area contributed by atoms with Gasteiger partial charge in [-0.05, 0) is 32.0 Å². The minimum atomic E-state index is 0.247. The Morgan fingerprint density at radius 2 is 2.23 bits per heavy atom. The third-order valence-electron chi connectivity index (χ3n) is 2.52. The minimum Gasteiger partial charge on any atom is -0.395 e. The van der Waals surface area contributed by atoms with E-state index >= 15 is 0 Å². The van der Waals surface area contributed by atoms with Crippen molar-refractivity contribution in [3.05, 3.63) is 12.7 Å². The molecule has 1 aliphatic rings. The molecule has 0 aromatic rings. The Hall–Kier alpha value is -0.380. The van der Waals surface area contributed by atoms with E-state index in [4.69, 9.17) is 5.11 Å². The lowest BCUT2D eigenvalue weighted by Gasteiger charge is -2.29. The Morgan fingerprint density at radius 1 is 1.46 bits per heavy atom. The van der Waals surface area contributed by atoms with Gasteiger partial charge in [0, 0.05) is 13.1 Å². The predicted molar refractivity (Wildman–Crippen MR) is 54.7 cm³/mol. The van der Waals surface area contributed by atoms with Gasteiger partial charge in [-0.15, -0.1) is 6.58 Å². The number of hydrogen-bond donors (Lipinski definition) is 2. The van der Waals surface area contributed by atoms with Crippen LogP contribution in [0.1, 0.15) is 6.42 Å². The van der Waals surface area contributed by atoms with Crippen molar-refractivity contribution in [2.45, 2.75) is 6.42 Å². The lowest BCUT2D eigenvalue weighted by molar-refractivity contribution is 0.190. The van der Waals surface area contributed by atoms with E-state index in [1.165, 1.54) is 19.5 Å². The Kier molecular flexibility index (Phi) is 5.05. The largest absolute Gasteiger partial charge is 0.395 e. The maximum atomic E-state index is 8.81. The van der Waals surface area contributed by atoms with Gasteiger partial charge < -0.3 is 10.4 Å². The Morgan fingerprint density at radius 3 is 2.69 bits per heavy atom. The van der Waals surface area contributed by atoms with E-state index in [1.807, 2.05) is 6.08 Å². The molecule has 0 unspecified atom stereocenters. The van der Waals surface area contributed by atoms with Crippen LogP contribution in [-0.2, 0) is 0 Å². The van der Waals surface area contributed by atoms with Gasteiger partial charge in [0.05, 0.1) is 6.61 Å². The first-order chi connectivity index (χ1) is 6.36. The van der Waals surface area contributed by atoms with Gasteiger partial charge in [0.2, 0.25) is 0 Å². The number of aliphatic hydroxyl groups is 1. The Labute approximate surface area is 80.4 Å². The number of hydrogen-bond acceptors (Lipinski definition) is 3. The second-order valence-corrected chi connectivity index (χ2v) is 3.63. The number of nitrogens with zero attached hydrogens (tertiary/aromatic N) is 1. The molecule has 2 N–H and O–H groups in total. The van der Waals surface area contributed by atoms with Crippen LogP contribution in [0.25, 0.3) is 0 Å². The molecule has 1 heterocycles. The van der Waals surface area contributed by atoms with Crippen molar-refractivity contribution in [1.82, 2.24) is 10.2 Å². The van der Waals surface area contributed by atoms with Crippen LogP contribution in [0.15, 0.2) is 12.7 Å². The summed E-state index contributed by atoms with van der Waals surface area (Å²) in [4.78, 5) is 2.24. The van der Waals surface area contributed by atoms with Crippen LogP contribution >= 0.6 is 0 Å². The van der Waals surface area contributed by atoms with Crippen LogP contribution in [0.4, 0.5) is 0 Å². The molecule has 0 spiro atoms. The molecule has 0 aromatic heterocycles. The normalized spacial score (nSPS) is 17.4. The molecule has 13 heavy (non-hydrogen) atoms. The molecule has 0 radical (unpaired) electrons. The molecule has 3 nitrogen and oxygen atoms in total. The van der Waals surface area contributed by atoms with E-state index in [-0.39, 0.29) is 6.61 Å². The fourth-order valence-electron chi connectivity index (χ4n) is 1.54. The second-order valence-electron chi connectivity index (χ2n) is 3.63. The highest BCUT2D eigenvalue weighted by Crippen LogP contribution is 2.08. The highest BCUT2D eigenvalue weighted by Gasteiger charge is 2.16. The molecule has 0 aliphatic carbocycles. The molecule has 1 rings (SSSR count). The fraction of sp³-hybridized carbons (Fsp3) is 0.800. The van der Waals surface area contributed by atoms with Crippen molar-refractivity contribution in [2.75, 3.05) is 39.3 Å². The molecular formula is C10H20N2O. The molecule has 76 valence electrons. The molecule has 3 heteroatoms. The lowest BCUT2D eigenvalue weighted by atomic mass is 9.99. The lowest BCUT2D eigenvalue weighted by Crippen LogP contribution is -2.43. The van der Waals surface area contributed by atoms with Crippen LogP contribution in [0.3, 0.4) is 0 Å². The van der Waals surface area contributed by atoms with E-state index in [0.717, 1.165) is 25.6 Å². The summed E-state index contributed by atoms with van der Waals surface area (Å²) in [5.74, 6) is 0.853. The summed E-state index contributed by atoms with van der Waals surface area (Å²) in [5, 5.41) is 12.1. The van der Waals surface area contributed by atoms with Gasteiger partial charge in [-0.3, -0.25) is 4.90 Å². The van der Waals surface area contributed by atoms with Crippen LogP contribution < -0.4 is 5.32 Å². The minimum absolute atomic E-state index is 0.247. The van der Waals surface area contributed by atoms with Crippen molar-refractivity contribution >= 4 is 0 Å². The van der Waals surface area contributed by atoms with Crippen molar-refractivity contribution in [2.24, 2.45) is 5.92 Å². The highest BCUT2D eigenvalue weighted by atomic mass is 16.3. The summed E-state index contributed by atoms with van der Waals surface area (Å²) in [6, 6.07) is 0. The van der Waals surface area contributed by atoms with Gasteiger partial charge in [-0.1, -0.05) is 6.08 Å². The van der Waals surface area contributed by atoms with Gasteiger partial charge in [0.25, 0.3) is 0 Å². The molecule has 1 aliphatic heterocycles. The van der Waals surface area contributed by atoms with E-state index < -0.39 is 0 Å². The highest BCUT2D eigenvalue weighted by molar-refractivity contribution is 4.78. The standard InChI is InChI=1S/C10H20N2O/c1-2-4-12(6-7-13)5-3-10-8-11-9-10/h2,10-11,13H,1,3-9H2. The first-order valence-corrected chi connectivity index (χ1v) is 5.01. The SMILES string of the molecule is C=CCN(CCO)CCC1CNC1. The maximum Gasteiger partial charge on any atom is 0.0558 e. The molecule has 0 saturated carbocycles. The topological polar surface area (TPSA) is 35.5 Å². The molecule has 0 bridgehead atoms. The summed E-state index contributed by atoms with van der Waals surface area (Å²) in [7, 11) is 0. The third-order valence-corrected chi connectivity index (χ3v) is 2.52. The monoisotopic (exact) mass is 184 g/mol. The first-order valence-electron chi connectivity index (χ1n) is 5.01. The van der Waals surface area contributed by atoms with Crippen molar-refractivity contribution in [3.63, 3.8) is 0 Å². The van der Waals surface area contributed by atoms with Crippen LogP contribution in [-0.4, -0.2) is 49.3 Å². The van der Waals surface area contributed by atoms with Crippen molar-refractivity contribution in [1.29, 1.82) is 0 Å². The molecule has 1 fully saturated rings. The van der Waals surface area contributed by atoms with Gasteiger partial charge >= 0.3 is 0 Å². The van der Waals surface area contributed by atoms with Crippen molar-refractivity contribution in [3.8, 4) is 0 Å². The smallest absolute Gasteiger partial charge is 0.0558 e. The summed E-state index contributed by atoms with van der Waals surface area (Å²) in [6.45, 7) is 9.03. The van der Waals surface area contributed by atoms with Gasteiger partial charge in [0.1, 0.15) is 0 Å². The quantitative estimate of drug-likeness (QED) is 0.550. The first kappa shape index (κ1) is 10.7. The van der Waals surface area contributed by atoms with Crippen LogP contribution in [0.5, 0.6) is 0 Å². The maximum absolute atomic E-state index is 8.81. The third kappa shape index (κ3) is 3.89. The second kappa shape index (κ2) is 6.13. The summed E-state index contributed by atoms with van der Waals surface area (Å²) in [6.07, 6.45) is 3.13. The molecule has 0 aromatic carbocycles. The average molecular weight is 184 g/mol. The van der Waals surface area contributed by atoms with E-state index in [2.05, 4.69) is 16.8 Å². The number of rotatable bonds is 7. The zero-order chi connectivity index (χ0) is 9.52. The van der Waals surface area contributed by atoms with Gasteiger partial charge in [-0.2, -0.15) is 0 Å². The molecular weight excluding hydrogens is 164 g/mol. The van der Waals surface area contributed by atoms with Crippen LogP contribution in [0, 0.1) is 5.92 Å². The molecule has 0 atom stereocenters. The van der Waals surface area contributed by atoms with Crippen molar-refractivity contribution < 1.29 is 5.11 Å². The van der Waals surface area contributed by atoms with Gasteiger partial charge in [-0.25, -0.2) is 0 Å². The zero-order valence-electron chi connectivity index (χ0n) is 8.21. The predicted octanol–water partition coefficient (Wildman–Crippen LogP) is 0.0762. The summed E-state index contributed by atoms with van der Waals surface area (Å²) >= 11 is 0. The molecule has 0 amide bonds. The Balaban J connectivity index is 2.08. The van der Waals surface area contributed by atoms with E-state index in [0.29, 0.717) is 0 Å². The Bertz CT molecular complexity index is 146. The van der Waals surface area contributed by atoms with Crippen LogP contribution in [0.2, 0.25) is 0 Å². The number of aliphatic hydroxyl groups excluding tert-OH is 1. The molecule has 1 saturated heterocycles. The van der Waals surface area contributed by atoms with E-state index in [9.17, 15) is 0 Å². The van der Waals surface area contributed by atoms with Gasteiger partial charge in [0.15, 0.2) is 0 Å². The summed E-state index contributed by atoms with van der Waals surface area (Å²) in [5.41, 5.74) is 0. The van der Waals surface area contributed by atoms with E-state index in [1.54, 1.807) is 0 Å². The average Bonchev–Trinajstić information content (AvgIpc) is 2.02. The number of nitrogens with one attached hydrogen (secondary N) is 1. The summed E-state index contributed by atoms with van der Waals surface area (Å²) < 4.78 is 0. The zero-order valence-corrected chi connectivity index (χ0v) is 8.21.